The van der Waals surface area contributed by atoms with Gasteiger partial charge in [-0.2, -0.15) is 0 Å². The van der Waals surface area contributed by atoms with Gasteiger partial charge in [0, 0.05) is 23.8 Å². The van der Waals surface area contributed by atoms with Crippen LogP contribution in [0.1, 0.15) is 24.6 Å². The van der Waals surface area contributed by atoms with E-state index >= 15 is 0 Å². The third kappa shape index (κ3) is 4.23. The van der Waals surface area contributed by atoms with Crippen LogP contribution in [0.5, 0.6) is 0 Å². The molecule has 0 radical (unpaired) electrons. The predicted octanol–water partition coefficient (Wildman–Crippen LogP) is 3.34. The summed E-state index contributed by atoms with van der Waals surface area (Å²) in [6.07, 6.45) is 0.243. The molecule has 0 saturated heterocycles. The first-order valence-corrected chi connectivity index (χ1v) is 7.59. The number of thiazole rings is 1. The van der Waals surface area contributed by atoms with Crippen LogP contribution in [0.4, 0.5) is 0 Å². The molecule has 1 atom stereocenters. The molecule has 2 aromatic rings. The zero-order valence-corrected chi connectivity index (χ0v) is 12.8. The largest absolute Gasteiger partial charge is 0.481 e. The van der Waals surface area contributed by atoms with E-state index in [1.54, 1.807) is 6.92 Å². The fourth-order valence-electron chi connectivity index (χ4n) is 2.00. The van der Waals surface area contributed by atoms with Crippen molar-refractivity contribution in [1.82, 2.24) is 4.98 Å². The van der Waals surface area contributed by atoms with Gasteiger partial charge in [-0.25, -0.2) is 4.98 Å². The molecule has 110 valence electrons. The number of benzene rings is 1. The van der Waals surface area contributed by atoms with Crippen molar-refractivity contribution in [2.45, 2.75) is 26.7 Å². The van der Waals surface area contributed by atoms with E-state index in [1.807, 2.05) is 30.5 Å². The lowest BCUT2D eigenvalue weighted by Crippen LogP contribution is -2.16. The Balaban J connectivity index is 2.03. The Morgan fingerprint density at radius 1 is 1.38 bits per heavy atom. The number of carboxylic acid groups (broad SMARTS) is 1. The molecule has 0 aliphatic carbocycles. The molecular formula is C16H17NO3S. The Morgan fingerprint density at radius 2 is 2.14 bits per heavy atom. The Hall–Kier alpha value is -2.01. The summed E-state index contributed by atoms with van der Waals surface area (Å²) in [7, 11) is 0. The normalized spacial score (nSPS) is 12.1. The number of nitrogens with zero attached hydrogens (tertiary/aromatic N) is 1. The number of hydrogen-bond donors (Lipinski definition) is 1. The van der Waals surface area contributed by atoms with Crippen molar-refractivity contribution in [2.24, 2.45) is 5.92 Å². The molecule has 0 unspecified atom stereocenters. The summed E-state index contributed by atoms with van der Waals surface area (Å²) in [4.78, 5) is 27.0. The summed E-state index contributed by atoms with van der Waals surface area (Å²) in [5.41, 5.74) is 2.91. The molecule has 1 heterocycles. The zero-order valence-electron chi connectivity index (χ0n) is 12.0. The second kappa shape index (κ2) is 6.63. The van der Waals surface area contributed by atoms with E-state index in [9.17, 15) is 9.59 Å². The van der Waals surface area contributed by atoms with Crippen molar-refractivity contribution in [3.63, 3.8) is 0 Å². The monoisotopic (exact) mass is 303 g/mol. The number of Topliss-reactive ketones (excluding diaryl/α,β-unsaturated/α-hetero) is 1. The van der Waals surface area contributed by atoms with E-state index in [2.05, 4.69) is 11.1 Å². The van der Waals surface area contributed by atoms with Crippen LogP contribution < -0.4 is 0 Å². The number of aliphatic carboxylic acids is 1. The summed E-state index contributed by atoms with van der Waals surface area (Å²) >= 11 is 1.50. The van der Waals surface area contributed by atoms with Crippen LogP contribution in [0.2, 0.25) is 0 Å². The van der Waals surface area contributed by atoms with Crippen LogP contribution in [0.25, 0.3) is 10.6 Å². The second-order valence-corrected chi connectivity index (χ2v) is 6.03. The number of rotatable bonds is 6. The molecule has 0 aliphatic rings. The highest BCUT2D eigenvalue weighted by molar-refractivity contribution is 7.13. The molecule has 1 N–H and O–H groups in total. The Kier molecular flexibility index (Phi) is 4.85. The van der Waals surface area contributed by atoms with Gasteiger partial charge in [-0.1, -0.05) is 30.7 Å². The summed E-state index contributed by atoms with van der Waals surface area (Å²) in [5, 5.41) is 11.6. The zero-order chi connectivity index (χ0) is 15.4. The second-order valence-electron chi connectivity index (χ2n) is 5.17. The molecular weight excluding hydrogens is 286 g/mol. The van der Waals surface area contributed by atoms with Crippen LogP contribution in [-0.2, 0) is 16.0 Å². The fourth-order valence-corrected chi connectivity index (χ4v) is 2.82. The quantitative estimate of drug-likeness (QED) is 0.888. The van der Waals surface area contributed by atoms with Crippen molar-refractivity contribution >= 4 is 23.1 Å². The maximum absolute atomic E-state index is 11.8. The first-order valence-electron chi connectivity index (χ1n) is 6.71. The molecule has 0 bridgehead atoms. The van der Waals surface area contributed by atoms with Crippen molar-refractivity contribution < 1.29 is 14.7 Å². The first-order chi connectivity index (χ1) is 9.95. The average molecular weight is 303 g/mol. The smallest absolute Gasteiger partial charge is 0.306 e. The minimum Gasteiger partial charge on any atom is -0.481 e. The highest BCUT2D eigenvalue weighted by Crippen LogP contribution is 2.24. The lowest BCUT2D eigenvalue weighted by molar-refractivity contribution is -0.143. The first kappa shape index (κ1) is 15.4. The van der Waals surface area contributed by atoms with Gasteiger partial charge in [-0.05, 0) is 13.0 Å². The van der Waals surface area contributed by atoms with Gasteiger partial charge in [0.05, 0.1) is 11.6 Å². The minimum atomic E-state index is -0.943. The van der Waals surface area contributed by atoms with Gasteiger partial charge in [0.25, 0.3) is 0 Å². The van der Waals surface area contributed by atoms with Crippen molar-refractivity contribution in [3.05, 3.63) is 40.9 Å². The third-order valence-corrected chi connectivity index (χ3v) is 4.09. The SMILES string of the molecule is Cc1cccc(-c2nc(CC(=O)C[C@H](C)C(=O)O)cs2)c1. The molecule has 0 spiro atoms. The Morgan fingerprint density at radius 3 is 2.81 bits per heavy atom. The van der Waals surface area contributed by atoms with E-state index in [0.29, 0.717) is 5.69 Å². The number of aryl methyl sites for hydroxylation is 1. The summed E-state index contributed by atoms with van der Waals surface area (Å²) in [5.74, 6) is -1.68. The number of carbonyl (C=O) groups excluding carboxylic acids is 1. The van der Waals surface area contributed by atoms with Crippen LogP contribution in [0.15, 0.2) is 29.6 Å². The van der Waals surface area contributed by atoms with Gasteiger partial charge in [0.1, 0.15) is 10.8 Å². The molecule has 5 heteroatoms. The molecule has 4 nitrogen and oxygen atoms in total. The van der Waals surface area contributed by atoms with E-state index in [-0.39, 0.29) is 18.6 Å². The van der Waals surface area contributed by atoms with Crippen LogP contribution >= 0.6 is 11.3 Å². The minimum absolute atomic E-state index is 0.0483. The van der Waals surface area contributed by atoms with Crippen LogP contribution in [-0.4, -0.2) is 21.8 Å². The Labute approximate surface area is 127 Å². The molecule has 2 rings (SSSR count). The summed E-state index contributed by atoms with van der Waals surface area (Å²) in [6.45, 7) is 3.56. The van der Waals surface area contributed by atoms with Crippen LogP contribution in [0.3, 0.4) is 0 Å². The van der Waals surface area contributed by atoms with Gasteiger partial charge in [0.15, 0.2) is 0 Å². The lowest BCUT2D eigenvalue weighted by atomic mass is 10.0. The van der Waals surface area contributed by atoms with E-state index in [1.165, 1.54) is 11.3 Å². The van der Waals surface area contributed by atoms with Crippen molar-refractivity contribution in [3.8, 4) is 10.6 Å². The summed E-state index contributed by atoms with van der Waals surface area (Å²) in [6, 6.07) is 8.04. The van der Waals surface area contributed by atoms with Gasteiger partial charge in [-0.15, -0.1) is 11.3 Å². The van der Waals surface area contributed by atoms with Gasteiger partial charge in [-0.3, -0.25) is 9.59 Å². The maximum Gasteiger partial charge on any atom is 0.306 e. The van der Waals surface area contributed by atoms with E-state index in [4.69, 9.17) is 5.11 Å². The van der Waals surface area contributed by atoms with Gasteiger partial charge in [0.2, 0.25) is 0 Å². The fraction of sp³-hybridized carbons (Fsp3) is 0.312. The number of ketones is 1. The third-order valence-electron chi connectivity index (χ3n) is 3.15. The maximum atomic E-state index is 11.8. The van der Waals surface area contributed by atoms with Gasteiger partial charge >= 0.3 is 5.97 Å². The van der Waals surface area contributed by atoms with Crippen molar-refractivity contribution in [1.29, 1.82) is 0 Å². The lowest BCUT2D eigenvalue weighted by Gasteiger charge is -2.03. The summed E-state index contributed by atoms with van der Waals surface area (Å²) < 4.78 is 0. The molecule has 0 saturated carbocycles. The molecule has 0 fully saturated rings. The number of carboxylic acids is 1. The number of aromatic nitrogens is 1. The Bertz CT molecular complexity index is 663. The molecule has 1 aromatic heterocycles. The van der Waals surface area contributed by atoms with Gasteiger partial charge < -0.3 is 5.11 Å². The highest BCUT2D eigenvalue weighted by Gasteiger charge is 2.17. The highest BCUT2D eigenvalue weighted by atomic mass is 32.1. The predicted molar refractivity (Wildman–Crippen MR) is 82.4 cm³/mol. The van der Waals surface area contributed by atoms with E-state index < -0.39 is 11.9 Å². The average Bonchev–Trinajstić information content (AvgIpc) is 2.86. The molecule has 0 aliphatic heterocycles. The van der Waals surface area contributed by atoms with Crippen molar-refractivity contribution in [2.75, 3.05) is 0 Å². The molecule has 1 aromatic carbocycles. The number of hydrogen-bond acceptors (Lipinski definition) is 4. The molecule has 21 heavy (non-hydrogen) atoms. The molecule has 0 amide bonds. The topological polar surface area (TPSA) is 67.3 Å². The van der Waals surface area contributed by atoms with Crippen LogP contribution in [0, 0.1) is 12.8 Å². The standard InChI is InChI=1S/C16H17NO3S/c1-10-4-3-5-12(6-10)15-17-13(9-21-15)8-14(18)7-11(2)16(19)20/h3-6,9,11H,7-8H2,1-2H3,(H,19,20)/t11-/m0/s1. The van der Waals surface area contributed by atoms with E-state index in [0.717, 1.165) is 16.1 Å². The number of carbonyl (C=O) groups is 2.